The Balaban J connectivity index is 2.76. The van der Waals surface area contributed by atoms with Gasteiger partial charge in [-0.2, -0.15) is 5.26 Å². The Morgan fingerprint density at radius 1 is 1.39 bits per heavy atom. The highest BCUT2D eigenvalue weighted by molar-refractivity contribution is 5.83. The van der Waals surface area contributed by atoms with Gasteiger partial charge < -0.3 is 14.5 Å². The van der Waals surface area contributed by atoms with E-state index in [4.69, 9.17) is 14.7 Å². The van der Waals surface area contributed by atoms with Crippen LogP contribution in [0.2, 0.25) is 0 Å². The van der Waals surface area contributed by atoms with Gasteiger partial charge in [0.1, 0.15) is 11.6 Å². The van der Waals surface area contributed by atoms with Crippen molar-refractivity contribution in [2.75, 3.05) is 13.7 Å². The largest absolute Gasteiger partial charge is 0.493 e. The van der Waals surface area contributed by atoms with Crippen LogP contribution in [-0.4, -0.2) is 18.7 Å². The van der Waals surface area contributed by atoms with Gasteiger partial charge in [-0.15, -0.1) is 0 Å². The second-order valence-corrected chi connectivity index (χ2v) is 3.62. The average Bonchev–Trinajstić information content (AvgIpc) is 2.39. The summed E-state index contributed by atoms with van der Waals surface area (Å²) in [6.45, 7) is 2.37. The quantitative estimate of drug-likeness (QED) is 0.893. The van der Waals surface area contributed by atoms with Crippen molar-refractivity contribution in [1.82, 2.24) is 4.98 Å². The molecule has 0 fully saturated rings. The number of aromatic nitrogens is 1. The summed E-state index contributed by atoms with van der Waals surface area (Å²) in [5, 5.41) is 9.23. The number of nitrogens with one attached hydrogen (secondary N) is 1. The highest BCUT2D eigenvalue weighted by Crippen LogP contribution is 2.30. The monoisotopic (exact) mass is 244 g/mol. The van der Waals surface area contributed by atoms with Gasteiger partial charge in [-0.3, -0.25) is 4.79 Å². The Kier molecular flexibility index (Phi) is 3.20. The molecule has 1 heterocycles. The molecule has 18 heavy (non-hydrogen) atoms. The molecule has 0 saturated carbocycles. The summed E-state index contributed by atoms with van der Waals surface area (Å²) in [6.07, 6.45) is 1.40. The van der Waals surface area contributed by atoms with E-state index in [0.29, 0.717) is 29.0 Å². The molecular formula is C13H12N2O3. The van der Waals surface area contributed by atoms with Gasteiger partial charge >= 0.3 is 0 Å². The number of hydrogen-bond acceptors (Lipinski definition) is 4. The lowest BCUT2D eigenvalue weighted by Gasteiger charge is -2.10. The maximum Gasteiger partial charge on any atom is 0.207 e. The van der Waals surface area contributed by atoms with E-state index in [2.05, 4.69) is 4.98 Å². The molecule has 5 nitrogen and oxygen atoms in total. The Hall–Kier alpha value is -2.48. The molecule has 0 aliphatic carbocycles. The van der Waals surface area contributed by atoms with E-state index in [1.54, 1.807) is 12.1 Å². The van der Waals surface area contributed by atoms with Crippen LogP contribution < -0.4 is 14.9 Å². The smallest absolute Gasteiger partial charge is 0.207 e. The van der Waals surface area contributed by atoms with Crippen molar-refractivity contribution >= 4 is 10.9 Å². The van der Waals surface area contributed by atoms with Crippen LogP contribution in [0, 0.1) is 11.3 Å². The Morgan fingerprint density at radius 3 is 2.78 bits per heavy atom. The van der Waals surface area contributed by atoms with Crippen LogP contribution in [0.1, 0.15) is 12.5 Å². The topological polar surface area (TPSA) is 75.1 Å². The number of H-pyrrole nitrogens is 1. The molecule has 1 N–H and O–H groups in total. The molecule has 0 bridgehead atoms. The van der Waals surface area contributed by atoms with Crippen LogP contribution in [-0.2, 0) is 0 Å². The molecule has 2 rings (SSSR count). The number of nitriles is 1. The van der Waals surface area contributed by atoms with Gasteiger partial charge in [-0.1, -0.05) is 0 Å². The third-order valence-electron chi connectivity index (χ3n) is 2.59. The van der Waals surface area contributed by atoms with Crippen LogP contribution in [0.25, 0.3) is 10.9 Å². The summed E-state index contributed by atoms with van der Waals surface area (Å²) < 4.78 is 10.6. The van der Waals surface area contributed by atoms with Crippen molar-refractivity contribution in [1.29, 1.82) is 5.26 Å². The first-order valence-electron chi connectivity index (χ1n) is 5.47. The van der Waals surface area contributed by atoms with Gasteiger partial charge in [0.05, 0.1) is 24.6 Å². The third kappa shape index (κ3) is 1.89. The number of rotatable bonds is 3. The summed E-state index contributed by atoms with van der Waals surface area (Å²) in [7, 11) is 1.51. The lowest BCUT2D eigenvalue weighted by Crippen LogP contribution is -2.08. The van der Waals surface area contributed by atoms with E-state index in [1.807, 2.05) is 13.0 Å². The van der Waals surface area contributed by atoms with Gasteiger partial charge in [-0.05, 0) is 13.0 Å². The number of pyridine rings is 1. The van der Waals surface area contributed by atoms with E-state index in [1.165, 1.54) is 13.3 Å². The molecule has 92 valence electrons. The number of ether oxygens (including phenoxy) is 2. The summed E-state index contributed by atoms with van der Waals surface area (Å²) in [4.78, 5) is 14.9. The van der Waals surface area contributed by atoms with E-state index in [0.717, 1.165) is 0 Å². The van der Waals surface area contributed by atoms with Crippen LogP contribution in [0.15, 0.2) is 23.1 Å². The van der Waals surface area contributed by atoms with Crippen molar-refractivity contribution in [3.63, 3.8) is 0 Å². The minimum atomic E-state index is -0.312. The minimum Gasteiger partial charge on any atom is -0.493 e. The van der Waals surface area contributed by atoms with E-state index < -0.39 is 0 Å². The highest BCUT2D eigenvalue weighted by Gasteiger charge is 2.11. The van der Waals surface area contributed by atoms with E-state index in [9.17, 15) is 4.79 Å². The molecule has 0 aliphatic heterocycles. The first kappa shape index (κ1) is 12.0. The maximum atomic E-state index is 12.0. The van der Waals surface area contributed by atoms with Crippen molar-refractivity contribution in [2.45, 2.75) is 6.92 Å². The summed E-state index contributed by atoms with van der Waals surface area (Å²) >= 11 is 0. The molecular weight excluding hydrogens is 232 g/mol. The van der Waals surface area contributed by atoms with Crippen LogP contribution in [0.4, 0.5) is 0 Å². The summed E-state index contributed by atoms with van der Waals surface area (Å²) in [5.74, 6) is 1.04. The molecule has 5 heteroatoms. The molecule has 0 aliphatic rings. The fourth-order valence-electron chi connectivity index (χ4n) is 1.74. The molecule has 0 saturated heterocycles. The van der Waals surface area contributed by atoms with Crippen molar-refractivity contribution in [3.05, 3.63) is 34.1 Å². The first-order chi connectivity index (χ1) is 8.71. The molecule has 0 unspecified atom stereocenters. The highest BCUT2D eigenvalue weighted by atomic mass is 16.5. The van der Waals surface area contributed by atoms with Gasteiger partial charge in [0, 0.05) is 12.3 Å². The second kappa shape index (κ2) is 4.80. The van der Waals surface area contributed by atoms with Gasteiger partial charge in [-0.25, -0.2) is 0 Å². The predicted octanol–water partition coefficient (Wildman–Crippen LogP) is 1.81. The third-order valence-corrected chi connectivity index (χ3v) is 2.59. The fraction of sp³-hybridized carbons (Fsp3) is 0.231. The maximum absolute atomic E-state index is 12.0. The number of fused-ring (bicyclic) bond motifs is 1. The molecule has 0 spiro atoms. The Labute approximate surface area is 104 Å². The molecule has 1 aromatic heterocycles. The standard InChI is InChI=1S/C13H12N2O3/c1-3-18-12-5-10-9(4-11(12)17-2)13(16)8(6-14)7-15-10/h4-5,7H,3H2,1-2H3,(H,15,16). The molecule has 2 aromatic rings. The Morgan fingerprint density at radius 2 is 2.17 bits per heavy atom. The van der Waals surface area contributed by atoms with Crippen molar-refractivity contribution in [2.24, 2.45) is 0 Å². The number of nitrogens with zero attached hydrogens (tertiary/aromatic N) is 1. The average molecular weight is 244 g/mol. The molecule has 0 radical (unpaired) electrons. The predicted molar refractivity (Wildman–Crippen MR) is 67.0 cm³/mol. The Bertz CT molecular complexity index is 683. The fourth-order valence-corrected chi connectivity index (χ4v) is 1.74. The van der Waals surface area contributed by atoms with E-state index >= 15 is 0 Å². The van der Waals surface area contributed by atoms with Gasteiger partial charge in [0.15, 0.2) is 11.5 Å². The lowest BCUT2D eigenvalue weighted by molar-refractivity contribution is 0.311. The number of methoxy groups -OCH3 is 1. The number of hydrogen-bond donors (Lipinski definition) is 1. The molecule has 0 amide bonds. The number of benzene rings is 1. The minimum absolute atomic E-state index is 0.0775. The van der Waals surface area contributed by atoms with Gasteiger partial charge in [0.2, 0.25) is 5.43 Å². The van der Waals surface area contributed by atoms with Crippen LogP contribution in [0.3, 0.4) is 0 Å². The molecule has 1 aromatic carbocycles. The normalized spacial score (nSPS) is 10.1. The van der Waals surface area contributed by atoms with Crippen molar-refractivity contribution in [3.8, 4) is 17.6 Å². The summed E-state index contributed by atoms with van der Waals surface area (Å²) in [6, 6.07) is 5.13. The SMILES string of the molecule is CCOc1cc2[nH]cc(C#N)c(=O)c2cc1OC. The lowest BCUT2D eigenvalue weighted by atomic mass is 10.1. The van der Waals surface area contributed by atoms with Crippen LogP contribution >= 0.6 is 0 Å². The zero-order valence-electron chi connectivity index (χ0n) is 10.1. The molecule has 0 atom stereocenters. The van der Waals surface area contributed by atoms with Crippen LogP contribution in [0.5, 0.6) is 11.5 Å². The first-order valence-corrected chi connectivity index (χ1v) is 5.47. The van der Waals surface area contributed by atoms with E-state index in [-0.39, 0.29) is 11.0 Å². The van der Waals surface area contributed by atoms with Gasteiger partial charge in [0.25, 0.3) is 0 Å². The summed E-state index contributed by atoms with van der Waals surface area (Å²) in [5.41, 5.74) is 0.379. The van der Waals surface area contributed by atoms with Crippen molar-refractivity contribution < 1.29 is 9.47 Å². The zero-order chi connectivity index (χ0) is 13.1. The number of aromatic amines is 1. The second-order valence-electron chi connectivity index (χ2n) is 3.62. The zero-order valence-corrected chi connectivity index (χ0v) is 10.1.